The smallest absolute Gasteiger partial charge is 0.130 e. The van der Waals surface area contributed by atoms with Crippen LogP contribution in [0.2, 0.25) is 0 Å². The summed E-state index contributed by atoms with van der Waals surface area (Å²) in [6, 6.07) is 0. The highest BCUT2D eigenvalue weighted by Crippen LogP contribution is 2.10. The van der Waals surface area contributed by atoms with Crippen molar-refractivity contribution in [1.82, 2.24) is 0 Å². The third-order valence-electron chi connectivity index (χ3n) is 1.50. The molecular formula is C9H16O. The minimum absolute atomic E-state index is 0.288. The Morgan fingerprint density at radius 3 is 2.70 bits per heavy atom. The first kappa shape index (κ1) is 9.41. The molecule has 0 radical (unpaired) electrons. The van der Waals surface area contributed by atoms with Gasteiger partial charge in [0.25, 0.3) is 0 Å². The molecule has 0 spiro atoms. The van der Waals surface area contributed by atoms with E-state index in [1.165, 1.54) is 0 Å². The van der Waals surface area contributed by atoms with Gasteiger partial charge in [-0.15, -0.1) is 6.58 Å². The van der Waals surface area contributed by atoms with Crippen molar-refractivity contribution < 1.29 is 4.79 Å². The molecule has 0 aromatic heterocycles. The van der Waals surface area contributed by atoms with Crippen molar-refractivity contribution >= 4 is 5.78 Å². The number of hydrogen-bond donors (Lipinski definition) is 0. The average Bonchev–Trinajstić information content (AvgIpc) is 1.82. The van der Waals surface area contributed by atoms with E-state index in [1.807, 2.05) is 6.08 Å². The van der Waals surface area contributed by atoms with Gasteiger partial charge in [-0.3, -0.25) is 0 Å². The summed E-state index contributed by atoms with van der Waals surface area (Å²) in [6.07, 6.45) is 4.72. The van der Waals surface area contributed by atoms with Gasteiger partial charge in [0, 0.05) is 6.42 Å². The van der Waals surface area contributed by atoms with Crippen LogP contribution < -0.4 is 0 Å². The van der Waals surface area contributed by atoms with E-state index in [2.05, 4.69) is 13.5 Å². The lowest BCUT2D eigenvalue weighted by Gasteiger charge is -2.05. The molecule has 0 aliphatic carbocycles. The molecule has 1 nitrogen and oxygen atoms in total. The fourth-order valence-electron chi connectivity index (χ4n) is 0.995. The summed E-state index contributed by atoms with van der Waals surface area (Å²) in [5, 5.41) is 0. The van der Waals surface area contributed by atoms with Crippen LogP contribution >= 0.6 is 0 Å². The first-order valence-corrected chi connectivity index (χ1v) is 3.77. The summed E-state index contributed by atoms with van der Waals surface area (Å²) < 4.78 is 0. The summed E-state index contributed by atoms with van der Waals surface area (Å²) in [6.45, 7) is 7.37. The van der Waals surface area contributed by atoms with Gasteiger partial charge >= 0.3 is 0 Å². The highest BCUT2D eigenvalue weighted by atomic mass is 16.1. The minimum Gasteiger partial charge on any atom is -0.300 e. The van der Waals surface area contributed by atoms with Crippen LogP contribution in [0.5, 0.6) is 0 Å². The Kier molecular flexibility index (Phi) is 4.91. The van der Waals surface area contributed by atoms with Crippen molar-refractivity contribution in [3.8, 4) is 0 Å². The molecule has 0 heterocycles. The Labute approximate surface area is 63.1 Å². The van der Waals surface area contributed by atoms with Gasteiger partial charge in [-0.1, -0.05) is 13.0 Å². The van der Waals surface area contributed by atoms with Crippen LogP contribution in [0.15, 0.2) is 12.7 Å². The van der Waals surface area contributed by atoms with Crippen molar-refractivity contribution in [3.63, 3.8) is 0 Å². The normalized spacial score (nSPS) is 12.6. The fourth-order valence-corrected chi connectivity index (χ4v) is 0.995. The van der Waals surface area contributed by atoms with Crippen LogP contribution in [-0.4, -0.2) is 5.78 Å². The lowest BCUT2D eigenvalue weighted by molar-refractivity contribution is -0.117. The van der Waals surface area contributed by atoms with Crippen molar-refractivity contribution in [2.45, 2.75) is 33.1 Å². The standard InChI is InChI=1S/C9H16O/c1-4-5-6-8(2)7-9(3)10/h4,8H,1,5-7H2,2-3H3. The van der Waals surface area contributed by atoms with Gasteiger partial charge in [0.1, 0.15) is 5.78 Å². The molecule has 0 amide bonds. The SMILES string of the molecule is C=CCCC(C)CC(C)=O. The lowest BCUT2D eigenvalue weighted by Crippen LogP contribution is -2.00. The lowest BCUT2D eigenvalue weighted by atomic mass is 10.00. The number of carbonyl (C=O) groups excluding carboxylic acids is 1. The second-order valence-corrected chi connectivity index (χ2v) is 2.88. The van der Waals surface area contributed by atoms with Crippen LogP contribution in [0.4, 0.5) is 0 Å². The maximum Gasteiger partial charge on any atom is 0.130 e. The van der Waals surface area contributed by atoms with E-state index >= 15 is 0 Å². The Balaban J connectivity index is 3.33. The van der Waals surface area contributed by atoms with Gasteiger partial charge in [-0.05, 0) is 25.7 Å². The van der Waals surface area contributed by atoms with Crippen LogP contribution in [0, 0.1) is 5.92 Å². The van der Waals surface area contributed by atoms with Gasteiger partial charge in [-0.25, -0.2) is 0 Å². The predicted octanol–water partition coefficient (Wildman–Crippen LogP) is 2.57. The largest absolute Gasteiger partial charge is 0.300 e. The van der Waals surface area contributed by atoms with Crippen molar-refractivity contribution in [2.24, 2.45) is 5.92 Å². The molecule has 0 aromatic carbocycles. The van der Waals surface area contributed by atoms with E-state index in [0.29, 0.717) is 12.3 Å². The van der Waals surface area contributed by atoms with Crippen molar-refractivity contribution in [3.05, 3.63) is 12.7 Å². The topological polar surface area (TPSA) is 17.1 Å². The molecule has 1 heteroatoms. The van der Waals surface area contributed by atoms with Crippen LogP contribution in [0.1, 0.15) is 33.1 Å². The zero-order valence-electron chi connectivity index (χ0n) is 6.89. The maximum absolute atomic E-state index is 10.6. The summed E-state index contributed by atoms with van der Waals surface area (Å²) in [5.41, 5.74) is 0. The monoisotopic (exact) mass is 140 g/mol. The molecule has 0 saturated heterocycles. The quantitative estimate of drug-likeness (QED) is 0.536. The van der Waals surface area contributed by atoms with E-state index in [1.54, 1.807) is 6.92 Å². The molecule has 1 atom stereocenters. The summed E-state index contributed by atoms with van der Waals surface area (Å²) in [4.78, 5) is 10.6. The third kappa shape index (κ3) is 5.54. The molecule has 10 heavy (non-hydrogen) atoms. The molecule has 0 rings (SSSR count). The van der Waals surface area contributed by atoms with E-state index in [4.69, 9.17) is 0 Å². The van der Waals surface area contributed by atoms with Gasteiger partial charge < -0.3 is 4.79 Å². The molecule has 1 unspecified atom stereocenters. The Bertz CT molecular complexity index is 116. The molecule has 0 aliphatic heterocycles. The summed E-state index contributed by atoms with van der Waals surface area (Å²) in [7, 11) is 0. The number of allylic oxidation sites excluding steroid dienone is 1. The van der Waals surface area contributed by atoms with Crippen LogP contribution in [-0.2, 0) is 4.79 Å². The van der Waals surface area contributed by atoms with Crippen LogP contribution in [0.25, 0.3) is 0 Å². The fraction of sp³-hybridized carbons (Fsp3) is 0.667. The molecule has 0 aromatic rings. The average molecular weight is 140 g/mol. The highest BCUT2D eigenvalue weighted by molar-refractivity contribution is 5.75. The number of Topliss-reactive ketones (excluding diaryl/α,β-unsaturated/α-hetero) is 1. The Hall–Kier alpha value is -0.590. The summed E-state index contributed by atoms with van der Waals surface area (Å²) in [5.74, 6) is 0.812. The van der Waals surface area contributed by atoms with Gasteiger partial charge in [0.05, 0.1) is 0 Å². The van der Waals surface area contributed by atoms with Crippen LogP contribution in [0.3, 0.4) is 0 Å². The van der Waals surface area contributed by atoms with E-state index < -0.39 is 0 Å². The Morgan fingerprint density at radius 1 is 1.70 bits per heavy atom. The van der Waals surface area contributed by atoms with E-state index in [0.717, 1.165) is 12.8 Å². The molecule has 0 bridgehead atoms. The van der Waals surface area contributed by atoms with Crippen molar-refractivity contribution in [2.75, 3.05) is 0 Å². The highest BCUT2D eigenvalue weighted by Gasteiger charge is 2.02. The molecule has 0 fully saturated rings. The number of rotatable bonds is 5. The second-order valence-electron chi connectivity index (χ2n) is 2.88. The number of hydrogen-bond acceptors (Lipinski definition) is 1. The second kappa shape index (κ2) is 5.21. The minimum atomic E-state index is 0.288. The Morgan fingerprint density at radius 2 is 2.30 bits per heavy atom. The molecular weight excluding hydrogens is 124 g/mol. The number of carbonyl (C=O) groups is 1. The van der Waals surface area contributed by atoms with Gasteiger partial charge in [-0.2, -0.15) is 0 Å². The predicted molar refractivity (Wildman–Crippen MR) is 43.9 cm³/mol. The molecule has 0 N–H and O–H groups in total. The third-order valence-corrected chi connectivity index (χ3v) is 1.50. The molecule has 0 aliphatic rings. The first-order valence-electron chi connectivity index (χ1n) is 3.77. The van der Waals surface area contributed by atoms with Crippen molar-refractivity contribution in [1.29, 1.82) is 0 Å². The van der Waals surface area contributed by atoms with Gasteiger partial charge in [0.15, 0.2) is 0 Å². The first-order chi connectivity index (χ1) is 4.66. The zero-order chi connectivity index (χ0) is 7.98. The van der Waals surface area contributed by atoms with E-state index in [9.17, 15) is 4.79 Å². The number of ketones is 1. The van der Waals surface area contributed by atoms with E-state index in [-0.39, 0.29) is 5.78 Å². The maximum atomic E-state index is 10.6. The molecule has 58 valence electrons. The molecule has 0 saturated carbocycles. The van der Waals surface area contributed by atoms with Gasteiger partial charge in [0.2, 0.25) is 0 Å². The zero-order valence-corrected chi connectivity index (χ0v) is 6.89. The summed E-state index contributed by atoms with van der Waals surface area (Å²) >= 11 is 0.